The van der Waals surface area contributed by atoms with Gasteiger partial charge >= 0.3 is 5.97 Å². The molecule has 0 heterocycles. The number of benzene rings is 4. The Morgan fingerprint density at radius 2 is 1.64 bits per heavy atom. The van der Waals surface area contributed by atoms with Crippen molar-refractivity contribution in [1.82, 2.24) is 0 Å². The number of anilines is 1. The van der Waals surface area contributed by atoms with E-state index in [-0.39, 0.29) is 5.57 Å². The Morgan fingerprint density at radius 1 is 0.909 bits per heavy atom. The van der Waals surface area contributed by atoms with Crippen molar-refractivity contribution in [3.8, 4) is 11.8 Å². The Bertz CT molecular complexity index is 1410. The SMILES string of the molecule is Cc1ccc(NC(=O)/C(C#N)=C/c2cccc(OC(=O)c3cccc4ccccc34)c2)cc1. The molecule has 0 bridgehead atoms. The lowest BCUT2D eigenvalue weighted by Crippen LogP contribution is -2.13. The molecule has 0 aromatic heterocycles. The number of aryl methyl sites for hydroxylation is 1. The zero-order chi connectivity index (χ0) is 23.2. The third-order valence-corrected chi connectivity index (χ3v) is 5.06. The van der Waals surface area contributed by atoms with Crippen LogP contribution in [0, 0.1) is 18.3 Å². The van der Waals surface area contributed by atoms with Gasteiger partial charge in [0.05, 0.1) is 5.56 Å². The number of nitrogens with one attached hydrogen (secondary N) is 1. The molecule has 0 atom stereocenters. The largest absolute Gasteiger partial charge is 0.423 e. The van der Waals surface area contributed by atoms with E-state index in [0.717, 1.165) is 16.3 Å². The van der Waals surface area contributed by atoms with Crippen LogP contribution in [0.25, 0.3) is 16.8 Å². The van der Waals surface area contributed by atoms with Crippen LogP contribution in [0.5, 0.6) is 5.75 Å². The first kappa shape index (κ1) is 21.5. The second kappa shape index (κ2) is 9.63. The monoisotopic (exact) mass is 432 g/mol. The summed E-state index contributed by atoms with van der Waals surface area (Å²) in [4.78, 5) is 25.3. The smallest absolute Gasteiger partial charge is 0.344 e. The number of ether oxygens (including phenoxy) is 1. The minimum Gasteiger partial charge on any atom is -0.423 e. The van der Waals surface area contributed by atoms with Gasteiger partial charge in [0, 0.05) is 5.69 Å². The van der Waals surface area contributed by atoms with Crippen molar-refractivity contribution < 1.29 is 14.3 Å². The van der Waals surface area contributed by atoms with Gasteiger partial charge in [-0.25, -0.2) is 4.79 Å². The topological polar surface area (TPSA) is 79.2 Å². The summed E-state index contributed by atoms with van der Waals surface area (Å²) in [7, 11) is 0. The summed E-state index contributed by atoms with van der Waals surface area (Å²) in [6, 6.07) is 29.0. The van der Waals surface area contributed by atoms with Crippen LogP contribution in [0.4, 0.5) is 5.69 Å². The molecule has 160 valence electrons. The average molecular weight is 432 g/mol. The molecule has 1 amide bonds. The van der Waals surface area contributed by atoms with Crippen LogP contribution >= 0.6 is 0 Å². The quantitative estimate of drug-likeness (QED) is 0.184. The number of nitriles is 1. The van der Waals surface area contributed by atoms with Crippen molar-refractivity contribution in [2.24, 2.45) is 0 Å². The highest BCUT2D eigenvalue weighted by Gasteiger charge is 2.13. The van der Waals surface area contributed by atoms with E-state index in [1.807, 2.05) is 61.5 Å². The van der Waals surface area contributed by atoms with E-state index in [4.69, 9.17) is 4.74 Å². The number of carbonyl (C=O) groups is 2. The number of nitrogens with zero attached hydrogens (tertiary/aromatic N) is 1. The van der Waals surface area contributed by atoms with E-state index in [1.54, 1.807) is 42.5 Å². The Morgan fingerprint density at radius 3 is 2.42 bits per heavy atom. The van der Waals surface area contributed by atoms with Crippen molar-refractivity contribution in [1.29, 1.82) is 5.26 Å². The molecule has 33 heavy (non-hydrogen) atoms. The van der Waals surface area contributed by atoms with Crippen LogP contribution in [0.1, 0.15) is 21.5 Å². The summed E-state index contributed by atoms with van der Waals surface area (Å²) in [6.45, 7) is 1.95. The molecule has 0 saturated heterocycles. The Balaban J connectivity index is 1.53. The first-order valence-corrected chi connectivity index (χ1v) is 10.3. The minimum absolute atomic E-state index is 0.0619. The lowest BCUT2D eigenvalue weighted by molar-refractivity contribution is -0.112. The zero-order valence-electron chi connectivity index (χ0n) is 17.9. The maximum absolute atomic E-state index is 12.8. The van der Waals surface area contributed by atoms with Crippen LogP contribution < -0.4 is 10.1 Å². The number of amides is 1. The standard InChI is InChI=1S/C28H20N2O3/c1-19-12-14-23(15-13-19)30-27(31)22(18-29)16-20-6-4-9-24(17-20)33-28(32)26-11-5-8-21-7-2-3-10-25(21)26/h2-17H,1H3,(H,30,31)/b22-16+. The van der Waals surface area contributed by atoms with Crippen molar-refractivity contribution in [2.45, 2.75) is 6.92 Å². The van der Waals surface area contributed by atoms with Gasteiger partial charge in [-0.15, -0.1) is 0 Å². The molecule has 4 rings (SSSR count). The van der Waals surface area contributed by atoms with Crippen molar-refractivity contribution >= 4 is 34.4 Å². The first-order chi connectivity index (χ1) is 16.0. The predicted molar refractivity (Wildman–Crippen MR) is 129 cm³/mol. The summed E-state index contributed by atoms with van der Waals surface area (Å²) in [5.41, 5.74) is 2.63. The minimum atomic E-state index is -0.514. The van der Waals surface area contributed by atoms with Crippen molar-refractivity contribution in [3.63, 3.8) is 0 Å². The van der Waals surface area contributed by atoms with Gasteiger partial charge in [0.2, 0.25) is 0 Å². The van der Waals surface area contributed by atoms with Gasteiger partial charge in [-0.3, -0.25) is 4.79 Å². The summed E-state index contributed by atoms with van der Waals surface area (Å²) in [5.74, 6) is -0.678. The summed E-state index contributed by atoms with van der Waals surface area (Å²) in [5, 5.41) is 13.9. The molecule has 5 heteroatoms. The van der Waals surface area contributed by atoms with E-state index >= 15 is 0 Å². The molecule has 0 aliphatic carbocycles. The highest BCUT2D eigenvalue weighted by Crippen LogP contribution is 2.22. The number of fused-ring (bicyclic) bond motifs is 1. The van der Waals surface area contributed by atoms with Crippen LogP contribution in [-0.2, 0) is 4.79 Å². The first-order valence-electron chi connectivity index (χ1n) is 10.3. The maximum Gasteiger partial charge on any atom is 0.344 e. The Kier molecular flexibility index (Phi) is 6.28. The fourth-order valence-electron chi connectivity index (χ4n) is 3.38. The number of carbonyl (C=O) groups excluding carboxylic acids is 2. The van der Waals surface area contributed by atoms with Crippen molar-refractivity contribution in [2.75, 3.05) is 5.32 Å². The van der Waals surface area contributed by atoms with E-state index < -0.39 is 11.9 Å². The van der Waals surface area contributed by atoms with Gasteiger partial charge in [0.15, 0.2) is 0 Å². The van der Waals surface area contributed by atoms with E-state index in [0.29, 0.717) is 22.6 Å². The molecule has 0 saturated carbocycles. The van der Waals surface area contributed by atoms with Crippen LogP contribution in [-0.4, -0.2) is 11.9 Å². The summed E-state index contributed by atoms with van der Waals surface area (Å²) >= 11 is 0. The lowest BCUT2D eigenvalue weighted by atomic mass is 10.0. The molecule has 0 radical (unpaired) electrons. The molecule has 0 aliphatic heterocycles. The van der Waals surface area contributed by atoms with Crippen molar-refractivity contribution in [3.05, 3.63) is 113 Å². The Hall–Kier alpha value is -4.69. The fourth-order valence-corrected chi connectivity index (χ4v) is 3.38. The highest BCUT2D eigenvalue weighted by atomic mass is 16.5. The number of hydrogen-bond donors (Lipinski definition) is 1. The fraction of sp³-hybridized carbons (Fsp3) is 0.0357. The molecule has 5 nitrogen and oxygen atoms in total. The second-order valence-corrected chi connectivity index (χ2v) is 7.48. The number of rotatable bonds is 5. The molecule has 0 spiro atoms. The zero-order valence-corrected chi connectivity index (χ0v) is 17.9. The molecule has 0 unspecified atom stereocenters. The molecule has 0 aliphatic rings. The molecule has 4 aromatic rings. The predicted octanol–water partition coefficient (Wildman–Crippen LogP) is 5.91. The van der Waals surface area contributed by atoms with E-state index in [9.17, 15) is 14.9 Å². The average Bonchev–Trinajstić information content (AvgIpc) is 2.83. The molecular formula is C28H20N2O3. The number of esters is 1. The summed E-state index contributed by atoms with van der Waals surface area (Å²) < 4.78 is 5.58. The second-order valence-electron chi connectivity index (χ2n) is 7.48. The summed E-state index contributed by atoms with van der Waals surface area (Å²) in [6.07, 6.45) is 1.46. The van der Waals surface area contributed by atoms with E-state index in [1.165, 1.54) is 6.08 Å². The van der Waals surface area contributed by atoms with Gasteiger partial charge in [-0.1, -0.05) is 66.2 Å². The molecule has 4 aromatic carbocycles. The number of hydrogen-bond acceptors (Lipinski definition) is 4. The van der Waals surface area contributed by atoms with Crippen LogP contribution in [0.15, 0.2) is 96.6 Å². The third-order valence-electron chi connectivity index (χ3n) is 5.06. The Labute approximate surface area is 191 Å². The normalized spacial score (nSPS) is 11.0. The van der Waals surface area contributed by atoms with E-state index in [2.05, 4.69) is 5.32 Å². The van der Waals surface area contributed by atoms with Crippen LogP contribution in [0.2, 0.25) is 0 Å². The lowest BCUT2D eigenvalue weighted by Gasteiger charge is -2.08. The molecular weight excluding hydrogens is 412 g/mol. The molecule has 1 N–H and O–H groups in total. The van der Waals surface area contributed by atoms with Gasteiger partial charge in [-0.2, -0.15) is 5.26 Å². The molecule has 0 fully saturated rings. The van der Waals surface area contributed by atoms with Crippen LogP contribution in [0.3, 0.4) is 0 Å². The highest BCUT2D eigenvalue weighted by molar-refractivity contribution is 6.09. The van der Waals surface area contributed by atoms with Gasteiger partial charge < -0.3 is 10.1 Å². The maximum atomic E-state index is 12.8. The van der Waals surface area contributed by atoms with Gasteiger partial charge in [0.1, 0.15) is 17.4 Å². The third kappa shape index (κ3) is 5.15. The van der Waals surface area contributed by atoms with Gasteiger partial charge in [-0.05, 0) is 59.7 Å². The van der Waals surface area contributed by atoms with Gasteiger partial charge in [0.25, 0.3) is 5.91 Å².